The molecule has 1 aliphatic heterocycles. The fraction of sp³-hybridized carbons (Fsp3) is 0.250. The maximum absolute atomic E-state index is 13.2. The summed E-state index contributed by atoms with van der Waals surface area (Å²) in [5.41, 5.74) is 1.77. The standard InChI is InChI=1S/C8H9FN2OS/c9-6-3-5-1-2-11-7(5)4-8(6)13(10)12/h3-4,11H,1-2,10H2. The van der Waals surface area contributed by atoms with Gasteiger partial charge >= 0.3 is 0 Å². The molecule has 1 aliphatic rings. The molecule has 0 aromatic heterocycles. The maximum Gasteiger partial charge on any atom is 0.141 e. The molecule has 0 saturated heterocycles. The van der Waals surface area contributed by atoms with Crippen LogP contribution in [-0.4, -0.2) is 10.8 Å². The highest BCUT2D eigenvalue weighted by Gasteiger charge is 2.15. The molecule has 1 aromatic carbocycles. The zero-order valence-electron chi connectivity index (χ0n) is 6.84. The minimum atomic E-state index is -1.75. The first-order valence-electron chi connectivity index (χ1n) is 3.91. The van der Waals surface area contributed by atoms with Crippen LogP contribution < -0.4 is 10.5 Å². The number of halogens is 1. The van der Waals surface area contributed by atoms with Crippen molar-refractivity contribution in [2.45, 2.75) is 11.3 Å². The van der Waals surface area contributed by atoms with Gasteiger partial charge in [-0.3, -0.25) is 0 Å². The van der Waals surface area contributed by atoms with Crippen molar-refractivity contribution in [2.24, 2.45) is 5.14 Å². The Morgan fingerprint density at radius 3 is 3.00 bits per heavy atom. The van der Waals surface area contributed by atoms with Gasteiger partial charge < -0.3 is 5.32 Å². The number of anilines is 1. The Labute approximate surface area is 77.7 Å². The van der Waals surface area contributed by atoms with Gasteiger partial charge in [-0.15, -0.1) is 0 Å². The lowest BCUT2D eigenvalue weighted by Crippen LogP contribution is -2.05. The van der Waals surface area contributed by atoms with E-state index in [1.165, 1.54) is 12.1 Å². The van der Waals surface area contributed by atoms with Crippen molar-refractivity contribution >= 4 is 16.7 Å². The van der Waals surface area contributed by atoms with Gasteiger partial charge in [-0.1, -0.05) is 0 Å². The molecule has 1 atom stereocenters. The van der Waals surface area contributed by atoms with Gasteiger partial charge in [0.15, 0.2) is 0 Å². The minimum absolute atomic E-state index is 0.0631. The predicted octanol–water partition coefficient (Wildman–Crippen LogP) is 0.775. The molecule has 1 aromatic rings. The number of hydrogen-bond donors (Lipinski definition) is 2. The van der Waals surface area contributed by atoms with Gasteiger partial charge in [-0.2, -0.15) is 0 Å². The van der Waals surface area contributed by atoms with Crippen molar-refractivity contribution in [3.05, 3.63) is 23.5 Å². The summed E-state index contributed by atoms with van der Waals surface area (Å²) >= 11 is 0. The van der Waals surface area contributed by atoms with Crippen LogP contribution in [-0.2, 0) is 17.4 Å². The monoisotopic (exact) mass is 200 g/mol. The Kier molecular flexibility index (Phi) is 2.05. The van der Waals surface area contributed by atoms with Crippen LogP contribution in [0.5, 0.6) is 0 Å². The second-order valence-electron chi connectivity index (χ2n) is 2.91. The highest BCUT2D eigenvalue weighted by Crippen LogP contribution is 2.26. The van der Waals surface area contributed by atoms with Gasteiger partial charge in [0.25, 0.3) is 0 Å². The molecule has 5 heteroatoms. The molecular weight excluding hydrogens is 191 g/mol. The van der Waals surface area contributed by atoms with Crippen molar-refractivity contribution in [3.63, 3.8) is 0 Å². The van der Waals surface area contributed by atoms with Gasteiger partial charge in [-0.25, -0.2) is 13.7 Å². The summed E-state index contributed by atoms with van der Waals surface area (Å²) in [6.45, 7) is 0.801. The summed E-state index contributed by atoms with van der Waals surface area (Å²) in [5.74, 6) is -0.483. The molecule has 0 bridgehead atoms. The van der Waals surface area contributed by atoms with E-state index in [9.17, 15) is 8.60 Å². The van der Waals surface area contributed by atoms with Crippen LogP contribution in [0.1, 0.15) is 5.56 Å². The quantitative estimate of drug-likeness (QED) is 0.703. The van der Waals surface area contributed by atoms with Crippen molar-refractivity contribution in [2.75, 3.05) is 11.9 Å². The van der Waals surface area contributed by atoms with Crippen LogP contribution in [0.15, 0.2) is 17.0 Å². The first kappa shape index (κ1) is 8.65. The van der Waals surface area contributed by atoms with Crippen molar-refractivity contribution in [3.8, 4) is 0 Å². The highest BCUT2D eigenvalue weighted by molar-refractivity contribution is 7.82. The summed E-state index contributed by atoms with van der Waals surface area (Å²) in [7, 11) is -1.75. The van der Waals surface area contributed by atoms with E-state index in [0.717, 1.165) is 24.2 Å². The second kappa shape index (κ2) is 3.08. The first-order valence-corrected chi connectivity index (χ1v) is 5.12. The third kappa shape index (κ3) is 1.45. The number of rotatable bonds is 1. The molecule has 0 amide bonds. The van der Waals surface area contributed by atoms with Crippen LogP contribution in [0.3, 0.4) is 0 Å². The highest BCUT2D eigenvalue weighted by atomic mass is 32.2. The normalized spacial score (nSPS) is 16.5. The van der Waals surface area contributed by atoms with E-state index < -0.39 is 16.8 Å². The molecule has 0 spiro atoms. The summed E-state index contributed by atoms with van der Waals surface area (Å²) in [6.07, 6.45) is 0.809. The van der Waals surface area contributed by atoms with Crippen LogP contribution >= 0.6 is 0 Å². The molecule has 0 fully saturated rings. The SMILES string of the molecule is NS(=O)c1cc2c(cc1F)CCN2. The number of nitrogens with one attached hydrogen (secondary N) is 1. The molecule has 13 heavy (non-hydrogen) atoms. The Morgan fingerprint density at radius 2 is 2.31 bits per heavy atom. The molecule has 0 saturated carbocycles. The van der Waals surface area contributed by atoms with Gasteiger partial charge in [0.2, 0.25) is 0 Å². The fourth-order valence-corrected chi connectivity index (χ4v) is 1.94. The number of nitrogens with two attached hydrogens (primary N) is 1. The average Bonchev–Trinajstić information content (AvgIpc) is 2.48. The second-order valence-corrected chi connectivity index (χ2v) is 3.95. The smallest absolute Gasteiger partial charge is 0.141 e. The van der Waals surface area contributed by atoms with Gasteiger partial charge in [0.05, 0.1) is 4.90 Å². The van der Waals surface area contributed by atoms with Crippen molar-refractivity contribution in [1.82, 2.24) is 0 Å². The van der Waals surface area contributed by atoms with Crippen LogP contribution in [0.4, 0.5) is 10.1 Å². The van der Waals surface area contributed by atoms with E-state index in [1.54, 1.807) is 0 Å². The lowest BCUT2D eigenvalue weighted by atomic mass is 10.2. The molecule has 70 valence electrons. The number of hydrogen-bond acceptors (Lipinski definition) is 2. The van der Waals surface area contributed by atoms with Crippen LogP contribution in [0.2, 0.25) is 0 Å². The summed E-state index contributed by atoms with van der Waals surface area (Å²) < 4.78 is 24.1. The van der Waals surface area contributed by atoms with Gasteiger partial charge in [-0.05, 0) is 24.1 Å². The molecule has 1 heterocycles. The molecule has 0 radical (unpaired) electrons. The summed E-state index contributed by atoms with van der Waals surface area (Å²) in [6, 6.07) is 2.92. The molecular formula is C8H9FN2OS. The lowest BCUT2D eigenvalue weighted by Gasteiger charge is -2.03. The fourth-order valence-electron chi connectivity index (χ4n) is 1.45. The topological polar surface area (TPSA) is 55.1 Å². The van der Waals surface area contributed by atoms with Crippen molar-refractivity contribution < 1.29 is 8.60 Å². The lowest BCUT2D eigenvalue weighted by molar-refractivity contribution is 0.594. The third-order valence-electron chi connectivity index (χ3n) is 2.08. The minimum Gasteiger partial charge on any atom is -0.384 e. The van der Waals surface area contributed by atoms with E-state index in [1.807, 2.05) is 0 Å². The zero-order chi connectivity index (χ0) is 9.42. The molecule has 3 N–H and O–H groups in total. The van der Waals surface area contributed by atoms with E-state index in [2.05, 4.69) is 5.32 Å². The Bertz CT molecular complexity index is 381. The zero-order valence-corrected chi connectivity index (χ0v) is 7.66. The maximum atomic E-state index is 13.2. The largest absolute Gasteiger partial charge is 0.384 e. The molecule has 1 unspecified atom stereocenters. The number of fused-ring (bicyclic) bond motifs is 1. The third-order valence-corrected chi connectivity index (χ3v) is 2.83. The van der Waals surface area contributed by atoms with E-state index in [0.29, 0.717) is 0 Å². The summed E-state index contributed by atoms with van der Waals surface area (Å²) in [4.78, 5) is 0.0631. The van der Waals surface area contributed by atoms with E-state index >= 15 is 0 Å². The average molecular weight is 200 g/mol. The Balaban J connectivity index is 2.55. The predicted molar refractivity (Wildman–Crippen MR) is 49.2 cm³/mol. The molecule has 2 rings (SSSR count). The van der Waals surface area contributed by atoms with Crippen LogP contribution in [0.25, 0.3) is 0 Å². The van der Waals surface area contributed by atoms with Gasteiger partial charge in [0, 0.05) is 12.2 Å². The van der Waals surface area contributed by atoms with Crippen LogP contribution in [0, 0.1) is 5.82 Å². The van der Waals surface area contributed by atoms with Gasteiger partial charge in [0.1, 0.15) is 16.8 Å². The Hall–Kier alpha value is -0.940. The van der Waals surface area contributed by atoms with E-state index in [-0.39, 0.29) is 4.90 Å². The molecule has 0 aliphatic carbocycles. The van der Waals surface area contributed by atoms with E-state index in [4.69, 9.17) is 5.14 Å². The number of benzene rings is 1. The van der Waals surface area contributed by atoms with Crippen molar-refractivity contribution in [1.29, 1.82) is 0 Å². The Morgan fingerprint density at radius 1 is 1.54 bits per heavy atom. The molecule has 3 nitrogen and oxygen atoms in total. The summed E-state index contributed by atoms with van der Waals surface area (Å²) in [5, 5.41) is 8.18. The first-order chi connectivity index (χ1) is 6.18.